The van der Waals surface area contributed by atoms with Crippen molar-refractivity contribution in [3.63, 3.8) is 0 Å². The molecule has 0 saturated heterocycles. The van der Waals surface area contributed by atoms with E-state index in [0.717, 1.165) is 34.3 Å². The number of aliphatic hydroxyl groups is 1. The summed E-state index contributed by atoms with van der Waals surface area (Å²) >= 11 is 9.54. The Kier molecular flexibility index (Phi) is 4.66. The van der Waals surface area contributed by atoms with E-state index in [1.165, 1.54) is 0 Å². The maximum atomic E-state index is 10.2. The molecule has 2 rings (SSSR count). The normalized spacial score (nSPS) is 21.5. The second-order valence-corrected chi connectivity index (χ2v) is 5.87. The van der Waals surface area contributed by atoms with Crippen LogP contribution in [0.1, 0.15) is 24.8 Å². The predicted molar refractivity (Wildman–Crippen MR) is 75.3 cm³/mol. The standard InChI is InChI=1S/C14H16BrClO/c15-12-7-6-11(13(16)9-12)8-14(17)10-4-2-1-3-5-10/h1-2,6-7,9-10,14,17H,3-5,8H2. The van der Waals surface area contributed by atoms with Gasteiger partial charge in [-0.2, -0.15) is 0 Å². The molecule has 0 radical (unpaired) electrons. The van der Waals surface area contributed by atoms with Gasteiger partial charge in [0.25, 0.3) is 0 Å². The van der Waals surface area contributed by atoms with E-state index in [4.69, 9.17) is 11.6 Å². The Labute approximate surface area is 116 Å². The second-order valence-electron chi connectivity index (χ2n) is 4.55. The highest BCUT2D eigenvalue weighted by molar-refractivity contribution is 9.10. The van der Waals surface area contributed by atoms with Gasteiger partial charge in [0.15, 0.2) is 0 Å². The lowest BCUT2D eigenvalue weighted by Crippen LogP contribution is -2.23. The first-order chi connectivity index (χ1) is 8.16. The molecular weight excluding hydrogens is 300 g/mol. The molecule has 0 saturated carbocycles. The summed E-state index contributed by atoms with van der Waals surface area (Å²) in [6.45, 7) is 0. The first-order valence-corrected chi connectivity index (χ1v) is 7.11. The molecule has 1 N–H and O–H groups in total. The van der Waals surface area contributed by atoms with E-state index < -0.39 is 0 Å². The van der Waals surface area contributed by atoms with Crippen molar-refractivity contribution in [2.75, 3.05) is 0 Å². The van der Waals surface area contributed by atoms with Crippen LogP contribution < -0.4 is 0 Å². The minimum Gasteiger partial charge on any atom is -0.392 e. The van der Waals surface area contributed by atoms with Crippen LogP contribution >= 0.6 is 27.5 Å². The fourth-order valence-electron chi connectivity index (χ4n) is 2.25. The van der Waals surface area contributed by atoms with Crippen LogP contribution in [-0.2, 0) is 6.42 Å². The lowest BCUT2D eigenvalue weighted by molar-refractivity contribution is 0.102. The molecule has 2 atom stereocenters. The van der Waals surface area contributed by atoms with Gasteiger partial charge in [-0.15, -0.1) is 0 Å². The number of hydrogen-bond acceptors (Lipinski definition) is 1. The van der Waals surface area contributed by atoms with Gasteiger partial charge in [0, 0.05) is 15.9 Å². The molecule has 1 aliphatic carbocycles. The van der Waals surface area contributed by atoms with E-state index >= 15 is 0 Å². The Balaban J connectivity index is 2.02. The molecule has 2 unspecified atom stereocenters. The molecule has 92 valence electrons. The summed E-state index contributed by atoms with van der Waals surface area (Å²) < 4.78 is 0.973. The molecule has 0 bridgehead atoms. The third-order valence-electron chi connectivity index (χ3n) is 3.30. The molecule has 1 nitrogen and oxygen atoms in total. The molecule has 0 heterocycles. The number of hydrogen-bond donors (Lipinski definition) is 1. The van der Waals surface area contributed by atoms with Crippen molar-refractivity contribution in [1.29, 1.82) is 0 Å². The number of benzene rings is 1. The zero-order chi connectivity index (χ0) is 12.3. The van der Waals surface area contributed by atoms with Crippen molar-refractivity contribution in [2.45, 2.75) is 31.8 Å². The molecular formula is C14H16BrClO. The van der Waals surface area contributed by atoms with E-state index in [1.807, 2.05) is 18.2 Å². The van der Waals surface area contributed by atoms with Crippen LogP contribution in [0, 0.1) is 5.92 Å². The first kappa shape index (κ1) is 13.1. The van der Waals surface area contributed by atoms with Gasteiger partial charge < -0.3 is 5.11 Å². The van der Waals surface area contributed by atoms with Crippen molar-refractivity contribution in [2.24, 2.45) is 5.92 Å². The van der Waals surface area contributed by atoms with Crippen LogP contribution in [0.5, 0.6) is 0 Å². The van der Waals surface area contributed by atoms with E-state index in [2.05, 4.69) is 28.1 Å². The molecule has 0 amide bonds. The Hall–Kier alpha value is -0.310. The number of rotatable bonds is 3. The van der Waals surface area contributed by atoms with Crippen LogP contribution in [0.2, 0.25) is 5.02 Å². The lowest BCUT2D eigenvalue weighted by atomic mass is 9.86. The Morgan fingerprint density at radius 3 is 2.88 bits per heavy atom. The fraction of sp³-hybridized carbons (Fsp3) is 0.429. The van der Waals surface area contributed by atoms with E-state index in [-0.39, 0.29) is 6.10 Å². The molecule has 0 fully saturated rings. The van der Waals surface area contributed by atoms with Crippen LogP contribution in [0.3, 0.4) is 0 Å². The highest BCUT2D eigenvalue weighted by atomic mass is 79.9. The van der Waals surface area contributed by atoms with Gasteiger partial charge in [-0.05, 0) is 42.9 Å². The summed E-state index contributed by atoms with van der Waals surface area (Å²) in [6.07, 6.45) is 7.84. The first-order valence-electron chi connectivity index (χ1n) is 5.94. The third kappa shape index (κ3) is 3.57. The van der Waals surface area contributed by atoms with Crippen LogP contribution in [-0.4, -0.2) is 11.2 Å². The number of halogens is 2. The molecule has 0 aliphatic heterocycles. The van der Waals surface area contributed by atoms with Crippen molar-refractivity contribution in [1.82, 2.24) is 0 Å². The minimum atomic E-state index is -0.293. The second kappa shape index (κ2) is 6.03. The smallest absolute Gasteiger partial charge is 0.0612 e. The Morgan fingerprint density at radius 1 is 1.41 bits per heavy atom. The number of aliphatic hydroxyl groups excluding tert-OH is 1. The summed E-state index contributed by atoms with van der Waals surface area (Å²) in [6, 6.07) is 5.83. The van der Waals surface area contributed by atoms with E-state index in [1.54, 1.807) is 0 Å². The quantitative estimate of drug-likeness (QED) is 0.822. The van der Waals surface area contributed by atoms with Gasteiger partial charge in [0.2, 0.25) is 0 Å². The SMILES string of the molecule is OC(Cc1ccc(Br)cc1Cl)C1CC=CCC1. The van der Waals surface area contributed by atoms with Crippen molar-refractivity contribution in [3.05, 3.63) is 45.4 Å². The van der Waals surface area contributed by atoms with E-state index in [9.17, 15) is 5.11 Å². The highest BCUT2D eigenvalue weighted by Crippen LogP contribution is 2.27. The summed E-state index contributed by atoms with van der Waals surface area (Å²) in [7, 11) is 0. The lowest BCUT2D eigenvalue weighted by Gasteiger charge is -2.24. The van der Waals surface area contributed by atoms with E-state index in [0.29, 0.717) is 12.3 Å². The third-order valence-corrected chi connectivity index (χ3v) is 4.14. The average molecular weight is 316 g/mol. The molecule has 0 aromatic heterocycles. The van der Waals surface area contributed by atoms with Gasteiger partial charge in [-0.3, -0.25) is 0 Å². The fourth-order valence-corrected chi connectivity index (χ4v) is 3.00. The summed E-state index contributed by atoms with van der Waals surface area (Å²) in [5.74, 6) is 0.375. The van der Waals surface area contributed by atoms with Gasteiger partial charge in [0.1, 0.15) is 0 Å². The molecule has 1 aromatic carbocycles. The van der Waals surface area contributed by atoms with Gasteiger partial charge in [0.05, 0.1) is 6.10 Å². The Bertz CT molecular complexity index is 417. The van der Waals surface area contributed by atoms with Crippen molar-refractivity contribution >= 4 is 27.5 Å². The van der Waals surface area contributed by atoms with Gasteiger partial charge in [-0.25, -0.2) is 0 Å². The molecule has 3 heteroatoms. The molecule has 17 heavy (non-hydrogen) atoms. The van der Waals surface area contributed by atoms with Crippen molar-refractivity contribution in [3.8, 4) is 0 Å². The van der Waals surface area contributed by atoms with Gasteiger partial charge >= 0.3 is 0 Å². The zero-order valence-corrected chi connectivity index (χ0v) is 11.9. The van der Waals surface area contributed by atoms with Crippen LogP contribution in [0.25, 0.3) is 0 Å². The van der Waals surface area contributed by atoms with Crippen molar-refractivity contribution < 1.29 is 5.11 Å². The zero-order valence-electron chi connectivity index (χ0n) is 9.57. The highest BCUT2D eigenvalue weighted by Gasteiger charge is 2.20. The maximum absolute atomic E-state index is 10.2. The summed E-state index contributed by atoms with van der Waals surface area (Å²) in [4.78, 5) is 0. The average Bonchev–Trinajstić information content (AvgIpc) is 2.34. The summed E-state index contributed by atoms with van der Waals surface area (Å²) in [5.41, 5.74) is 1.02. The molecule has 1 aliphatic rings. The Morgan fingerprint density at radius 2 is 2.24 bits per heavy atom. The minimum absolute atomic E-state index is 0.293. The topological polar surface area (TPSA) is 20.2 Å². The monoisotopic (exact) mass is 314 g/mol. The predicted octanol–water partition coefficient (Wildman–Crippen LogP) is 4.36. The van der Waals surface area contributed by atoms with Gasteiger partial charge in [-0.1, -0.05) is 45.7 Å². The maximum Gasteiger partial charge on any atom is 0.0612 e. The summed E-state index contributed by atoms with van der Waals surface area (Å²) in [5, 5.41) is 10.9. The van der Waals surface area contributed by atoms with Crippen LogP contribution in [0.4, 0.5) is 0 Å². The molecule has 1 aromatic rings. The largest absolute Gasteiger partial charge is 0.392 e. The molecule has 0 spiro atoms. The number of allylic oxidation sites excluding steroid dienone is 2. The van der Waals surface area contributed by atoms with Crippen LogP contribution in [0.15, 0.2) is 34.8 Å².